The van der Waals surface area contributed by atoms with Gasteiger partial charge >= 0.3 is 0 Å². The zero-order chi connectivity index (χ0) is 18.0. The second kappa shape index (κ2) is 10.5. The summed E-state index contributed by atoms with van der Waals surface area (Å²) >= 11 is 0. The summed E-state index contributed by atoms with van der Waals surface area (Å²) in [5.41, 5.74) is 0.532. The number of pyridine rings is 1. The maximum atomic E-state index is 12.5. The van der Waals surface area contributed by atoms with Crippen molar-refractivity contribution in [2.45, 2.75) is 69.6 Å². The molecule has 0 atom stereocenters. The van der Waals surface area contributed by atoms with E-state index >= 15 is 0 Å². The number of nitrogens with one attached hydrogen (secondary N) is 1. The number of hydrogen-bond acceptors (Lipinski definition) is 3. The molecule has 1 aromatic heterocycles. The third-order valence-corrected chi connectivity index (χ3v) is 5.95. The van der Waals surface area contributed by atoms with E-state index in [1.54, 1.807) is 18.3 Å². The van der Waals surface area contributed by atoms with Crippen LogP contribution in [-0.2, 0) is 10.0 Å². The van der Waals surface area contributed by atoms with Gasteiger partial charge in [-0.1, -0.05) is 76.5 Å². The van der Waals surface area contributed by atoms with E-state index in [2.05, 4.69) is 16.6 Å². The summed E-state index contributed by atoms with van der Waals surface area (Å²) in [6, 6.07) is 8.95. The number of sulfonamides is 1. The highest BCUT2D eigenvalue weighted by atomic mass is 32.2. The Bertz CT molecular complexity index is 739. The summed E-state index contributed by atoms with van der Waals surface area (Å²) in [6.07, 6.45) is 12.6. The average molecular weight is 363 g/mol. The lowest BCUT2D eigenvalue weighted by molar-refractivity contribution is 0.554. The first-order valence-electron chi connectivity index (χ1n) is 9.48. The lowest BCUT2D eigenvalue weighted by atomic mass is 10.1. The van der Waals surface area contributed by atoms with Gasteiger partial charge in [0.15, 0.2) is 0 Å². The molecule has 0 fully saturated rings. The number of benzene rings is 1. The van der Waals surface area contributed by atoms with Crippen LogP contribution in [0.5, 0.6) is 0 Å². The maximum absolute atomic E-state index is 12.5. The van der Waals surface area contributed by atoms with Crippen LogP contribution in [0, 0.1) is 0 Å². The van der Waals surface area contributed by atoms with E-state index in [0.717, 1.165) is 18.2 Å². The quantitative estimate of drug-likeness (QED) is 0.538. The highest BCUT2D eigenvalue weighted by molar-refractivity contribution is 7.89. The topological polar surface area (TPSA) is 59.1 Å². The first kappa shape index (κ1) is 19.9. The van der Waals surface area contributed by atoms with Crippen molar-refractivity contribution in [2.24, 2.45) is 0 Å². The molecule has 2 rings (SSSR count). The van der Waals surface area contributed by atoms with E-state index in [-0.39, 0.29) is 4.90 Å². The van der Waals surface area contributed by atoms with Crippen LogP contribution in [0.25, 0.3) is 10.9 Å². The fraction of sp³-hybridized carbons (Fsp3) is 0.550. The number of para-hydroxylation sites is 1. The van der Waals surface area contributed by atoms with E-state index in [0.29, 0.717) is 12.1 Å². The molecule has 1 N–H and O–H groups in total. The molecule has 0 unspecified atom stereocenters. The Morgan fingerprint density at radius 1 is 0.880 bits per heavy atom. The molecule has 0 saturated heterocycles. The van der Waals surface area contributed by atoms with Crippen molar-refractivity contribution in [2.75, 3.05) is 6.54 Å². The lowest BCUT2D eigenvalue weighted by Crippen LogP contribution is -2.25. The lowest BCUT2D eigenvalue weighted by Gasteiger charge is -2.09. The SMILES string of the molecule is CCCCCCCCCCCNS(=O)(=O)c1cccc2cccnc12. The number of aromatic nitrogens is 1. The third kappa shape index (κ3) is 6.40. The van der Waals surface area contributed by atoms with Crippen molar-refractivity contribution in [1.29, 1.82) is 0 Å². The van der Waals surface area contributed by atoms with Gasteiger partial charge in [0.1, 0.15) is 4.90 Å². The van der Waals surface area contributed by atoms with Gasteiger partial charge in [-0.2, -0.15) is 0 Å². The molecular weight excluding hydrogens is 332 g/mol. The zero-order valence-corrected chi connectivity index (χ0v) is 16.0. The fourth-order valence-electron chi connectivity index (χ4n) is 3.01. The number of rotatable bonds is 12. The van der Waals surface area contributed by atoms with Crippen LogP contribution < -0.4 is 4.72 Å². The zero-order valence-electron chi connectivity index (χ0n) is 15.2. The van der Waals surface area contributed by atoms with Gasteiger partial charge < -0.3 is 0 Å². The van der Waals surface area contributed by atoms with E-state index in [1.807, 2.05) is 18.2 Å². The summed E-state index contributed by atoms with van der Waals surface area (Å²) in [5, 5.41) is 0.841. The van der Waals surface area contributed by atoms with Gasteiger partial charge in [0.25, 0.3) is 0 Å². The number of hydrogen-bond donors (Lipinski definition) is 1. The third-order valence-electron chi connectivity index (χ3n) is 4.46. The van der Waals surface area contributed by atoms with Crippen LogP contribution >= 0.6 is 0 Å². The van der Waals surface area contributed by atoms with Gasteiger partial charge in [0.05, 0.1) is 5.52 Å². The minimum Gasteiger partial charge on any atom is -0.255 e. The van der Waals surface area contributed by atoms with Crippen LogP contribution in [0.15, 0.2) is 41.4 Å². The molecule has 2 aromatic rings. The van der Waals surface area contributed by atoms with Crippen molar-refractivity contribution in [3.8, 4) is 0 Å². The van der Waals surface area contributed by atoms with E-state index in [4.69, 9.17) is 0 Å². The molecule has 0 radical (unpaired) electrons. The first-order valence-corrected chi connectivity index (χ1v) is 11.0. The van der Waals surface area contributed by atoms with Gasteiger partial charge in [-0.05, 0) is 18.6 Å². The summed E-state index contributed by atoms with van der Waals surface area (Å²) < 4.78 is 27.8. The van der Waals surface area contributed by atoms with E-state index in [9.17, 15) is 8.42 Å². The smallest absolute Gasteiger partial charge is 0.242 e. The molecule has 0 spiro atoms. The van der Waals surface area contributed by atoms with Crippen molar-refractivity contribution in [1.82, 2.24) is 9.71 Å². The molecule has 0 aliphatic rings. The van der Waals surface area contributed by atoms with Crippen LogP contribution in [0.4, 0.5) is 0 Å². The monoisotopic (exact) mass is 362 g/mol. The fourth-order valence-corrected chi connectivity index (χ4v) is 4.26. The van der Waals surface area contributed by atoms with Crippen LogP contribution in [-0.4, -0.2) is 19.9 Å². The Labute approximate surface area is 152 Å². The molecule has 1 heterocycles. The normalized spacial score (nSPS) is 11.9. The Balaban J connectivity index is 1.73. The van der Waals surface area contributed by atoms with Gasteiger partial charge in [-0.3, -0.25) is 4.98 Å². The largest absolute Gasteiger partial charge is 0.255 e. The van der Waals surface area contributed by atoms with E-state index < -0.39 is 10.0 Å². The van der Waals surface area contributed by atoms with Crippen molar-refractivity contribution >= 4 is 20.9 Å². The number of fused-ring (bicyclic) bond motifs is 1. The number of unbranched alkanes of at least 4 members (excludes halogenated alkanes) is 8. The Morgan fingerprint density at radius 2 is 1.52 bits per heavy atom. The molecule has 0 aliphatic carbocycles. The second-order valence-electron chi connectivity index (χ2n) is 6.56. The highest BCUT2D eigenvalue weighted by Gasteiger charge is 2.17. The standard InChI is InChI=1S/C20H30N2O2S/c1-2-3-4-5-6-7-8-9-10-17-22-25(23,24)19-15-11-13-18-14-12-16-21-20(18)19/h11-16,22H,2-10,17H2,1H3. The van der Waals surface area contributed by atoms with Crippen LogP contribution in [0.2, 0.25) is 0 Å². The molecular formula is C20H30N2O2S. The predicted octanol–water partition coefficient (Wildman–Crippen LogP) is 5.04. The van der Waals surface area contributed by atoms with Crippen LogP contribution in [0.3, 0.4) is 0 Å². The molecule has 25 heavy (non-hydrogen) atoms. The summed E-state index contributed by atoms with van der Waals surface area (Å²) in [6.45, 7) is 2.72. The molecule has 0 amide bonds. The Hall–Kier alpha value is -1.46. The molecule has 138 valence electrons. The first-order chi connectivity index (χ1) is 12.1. The second-order valence-corrected chi connectivity index (χ2v) is 8.29. The average Bonchev–Trinajstić information content (AvgIpc) is 2.62. The minimum absolute atomic E-state index is 0.265. The summed E-state index contributed by atoms with van der Waals surface area (Å²) in [4.78, 5) is 4.49. The predicted molar refractivity (Wildman–Crippen MR) is 104 cm³/mol. The summed E-state index contributed by atoms with van der Waals surface area (Å²) in [5.74, 6) is 0. The Morgan fingerprint density at radius 3 is 2.24 bits per heavy atom. The highest BCUT2D eigenvalue weighted by Crippen LogP contribution is 2.20. The van der Waals surface area contributed by atoms with Gasteiger partial charge in [0, 0.05) is 18.1 Å². The Kier molecular flexibility index (Phi) is 8.35. The number of nitrogens with zero attached hydrogens (tertiary/aromatic N) is 1. The minimum atomic E-state index is -3.51. The molecule has 1 aromatic carbocycles. The molecule has 4 nitrogen and oxygen atoms in total. The van der Waals surface area contributed by atoms with Crippen molar-refractivity contribution < 1.29 is 8.42 Å². The molecule has 0 bridgehead atoms. The van der Waals surface area contributed by atoms with Crippen LogP contribution in [0.1, 0.15) is 64.7 Å². The maximum Gasteiger partial charge on any atom is 0.242 e. The molecule has 5 heteroatoms. The van der Waals surface area contributed by atoms with Gasteiger partial charge in [0.2, 0.25) is 10.0 Å². The van der Waals surface area contributed by atoms with Gasteiger partial charge in [-0.15, -0.1) is 0 Å². The molecule has 0 saturated carbocycles. The van der Waals surface area contributed by atoms with E-state index in [1.165, 1.54) is 44.9 Å². The van der Waals surface area contributed by atoms with Crippen molar-refractivity contribution in [3.05, 3.63) is 36.5 Å². The van der Waals surface area contributed by atoms with Crippen molar-refractivity contribution in [3.63, 3.8) is 0 Å². The molecule has 0 aliphatic heterocycles. The van der Waals surface area contributed by atoms with Gasteiger partial charge in [-0.25, -0.2) is 13.1 Å². The summed E-state index contributed by atoms with van der Waals surface area (Å²) in [7, 11) is -3.51.